The number of carbonyl (C=O) groups excluding carboxylic acids is 2. The topological polar surface area (TPSA) is 46.2 Å². The average molecular weight is 257 g/mol. The minimum Gasteiger partial charge on any atom is -0.383 e. The summed E-state index contributed by atoms with van der Waals surface area (Å²) in [6, 6.07) is 8.28. The Morgan fingerprint density at radius 2 is 1.78 bits per heavy atom. The summed E-state index contributed by atoms with van der Waals surface area (Å²) in [4.78, 5) is 21.9. The SMILES string of the molecule is O=C(CN/C=C\C(=O)C(F)(F)F)c1ccccc1. The van der Waals surface area contributed by atoms with E-state index in [4.69, 9.17) is 0 Å². The molecule has 6 heteroatoms. The van der Waals surface area contributed by atoms with Crippen LogP contribution in [0.25, 0.3) is 0 Å². The molecule has 0 amide bonds. The zero-order chi connectivity index (χ0) is 13.6. The van der Waals surface area contributed by atoms with E-state index in [0.717, 1.165) is 6.20 Å². The molecule has 0 spiro atoms. The third kappa shape index (κ3) is 4.40. The number of allylic oxidation sites excluding steroid dienone is 1. The van der Waals surface area contributed by atoms with Gasteiger partial charge in [-0.1, -0.05) is 30.3 Å². The van der Waals surface area contributed by atoms with E-state index in [1.54, 1.807) is 30.3 Å². The van der Waals surface area contributed by atoms with Gasteiger partial charge in [0.05, 0.1) is 6.54 Å². The lowest BCUT2D eigenvalue weighted by atomic mass is 10.1. The van der Waals surface area contributed by atoms with Crippen LogP contribution in [0.2, 0.25) is 0 Å². The van der Waals surface area contributed by atoms with E-state index in [9.17, 15) is 22.8 Å². The number of rotatable bonds is 5. The summed E-state index contributed by atoms with van der Waals surface area (Å²) in [5.41, 5.74) is 0.445. The number of alkyl halides is 3. The van der Waals surface area contributed by atoms with E-state index in [1.807, 2.05) is 0 Å². The molecule has 3 nitrogen and oxygen atoms in total. The number of ketones is 2. The van der Waals surface area contributed by atoms with Gasteiger partial charge in [0.25, 0.3) is 5.78 Å². The van der Waals surface area contributed by atoms with Crippen LogP contribution < -0.4 is 5.32 Å². The average Bonchev–Trinajstić information content (AvgIpc) is 2.34. The second kappa shape index (κ2) is 6.00. The molecule has 0 aliphatic rings. The van der Waals surface area contributed by atoms with Crippen LogP contribution in [0.3, 0.4) is 0 Å². The molecule has 0 saturated heterocycles. The lowest BCUT2D eigenvalue weighted by Crippen LogP contribution is -2.22. The highest BCUT2D eigenvalue weighted by molar-refractivity contribution is 5.98. The smallest absolute Gasteiger partial charge is 0.383 e. The van der Waals surface area contributed by atoms with Crippen molar-refractivity contribution in [2.24, 2.45) is 0 Å². The molecule has 0 aliphatic heterocycles. The fourth-order valence-corrected chi connectivity index (χ4v) is 1.11. The van der Waals surface area contributed by atoms with Gasteiger partial charge in [-0.15, -0.1) is 0 Å². The van der Waals surface area contributed by atoms with Crippen molar-refractivity contribution in [2.45, 2.75) is 6.18 Å². The zero-order valence-corrected chi connectivity index (χ0v) is 9.20. The van der Waals surface area contributed by atoms with E-state index in [2.05, 4.69) is 5.32 Å². The van der Waals surface area contributed by atoms with Crippen molar-refractivity contribution in [3.8, 4) is 0 Å². The maximum absolute atomic E-state index is 11.8. The monoisotopic (exact) mass is 257 g/mol. The lowest BCUT2D eigenvalue weighted by molar-refractivity contribution is -0.165. The van der Waals surface area contributed by atoms with Crippen LogP contribution in [0.1, 0.15) is 10.4 Å². The molecule has 1 aromatic rings. The number of carbonyl (C=O) groups is 2. The van der Waals surface area contributed by atoms with Crippen LogP contribution in [-0.2, 0) is 4.79 Å². The first-order chi connectivity index (χ1) is 8.41. The Hall–Kier alpha value is -2.11. The van der Waals surface area contributed by atoms with Crippen LogP contribution in [0.5, 0.6) is 0 Å². The van der Waals surface area contributed by atoms with E-state index in [-0.39, 0.29) is 12.3 Å². The first kappa shape index (κ1) is 14.0. The van der Waals surface area contributed by atoms with E-state index in [1.165, 1.54) is 0 Å². The normalized spacial score (nSPS) is 11.5. The van der Waals surface area contributed by atoms with Gasteiger partial charge in [0, 0.05) is 17.8 Å². The van der Waals surface area contributed by atoms with E-state index in [0.29, 0.717) is 11.6 Å². The van der Waals surface area contributed by atoms with Gasteiger partial charge in [-0.05, 0) is 0 Å². The Bertz CT molecular complexity index is 452. The Morgan fingerprint density at radius 3 is 2.33 bits per heavy atom. The van der Waals surface area contributed by atoms with Crippen LogP contribution >= 0.6 is 0 Å². The van der Waals surface area contributed by atoms with Gasteiger partial charge >= 0.3 is 6.18 Å². The molecule has 1 N–H and O–H groups in total. The second-order valence-electron chi connectivity index (χ2n) is 3.37. The molecular weight excluding hydrogens is 247 g/mol. The molecule has 18 heavy (non-hydrogen) atoms. The standard InChI is InChI=1S/C12H10F3NO2/c13-12(14,15)11(18)6-7-16-8-10(17)9-4-2-1-3-5-9/h1-7,16H,8H2/b7-6-. The highest BCUT2D eigenvalue weighted by atomic mass is 19.4. The number of hydrogen-bond donors (Lipinski definition) is 1. The summed E-state index contributed by atoms with van der Waals surface area (Å²) >= 11 is 0. The highest BCUT2D eigenvalue weighted by Crippen LogP contribution is 2.15. The van der Waals surface area contributed by atoms with Crippen molar-refractivity contribution >= 4 is 11.6 Å². The predicted octanol–water partition coefficient (Wildman–Crippen LogP) is 2.10. The number of benzene rings is 1. The van der Waals surface area contributed by atoms with Crippen molar-refractivity contribution in [3.05, 3.63) is 48.2 Å². The molecule has 0 atom stereocenters. The molecule has 0 aromatic heterocycles. The van der Waals surface area contributed by atoms with Crippen LogP contribution in [0.15, 0.2) is 42.6 Å². The minimum absolute atomic E-state index is 0.175. The Morgan fingerprint density at radius 1 is 1.17 bits per heavy atom. The summed E-state index contributed by atoms with van der Waals surface area (Å²) in [5, 5.41) is 2.34. The highest BCUT2D eigenvalue weighted by Gasteiger charge is 2.35. The van der Waals surface area contributed by atoms with Crippen LogP contribution in [0.4, 0.5) is 13.2 Å². The molecule has 0 saturated carbocycles. The fraction of sp³-hybridized carbons (Fsp3) is 0.167. The molecule has 1 rings (SSSR count). The van der Waals surface area contributed by atoms with E-state index < -0.39 is 12.0 Å². The van der Waals surface area contributed by atoms with Crippen molar-refractivity contribution in [2.75, 3.05) is 6.54 Å². The Kier molecular flexibility index (Phi) is 4.65. The summed E-state index contributed by atoms with van der Waals surface area (Å²) in [6.07, 6.45) is -3.73. The van der Waals surface area contributed by atoms with Gasteiger partial charge in [-0.3, -0.25) is 9.59 Å². The summed E-state index contributed by atoms with van der Waals surface area (Å²) < 4.78 is 35.4. The van der Waals surface area contributed by atoms with Crippen molar-refractivity contribution in [1.82, 2.24) is 5.32 Å². The van der Waals surface area contributed by atoms with Gasteiger partial charge < -0.3 is 5.32 Å². The molecule has 0 aliphatic carbocycles. The molecule has 1 aromatic carbocycles. The summed E-state index contributed by atoms with van der Waals surface area (Å²) in [7, 11) is 0. The third-order valence-corrected chi connectivity index (χ3v) is 1.99. The summed E-state index contributed by atoms with van der Waals surface area (Å²) in [6.45, 7) is -0.175. The molecule has 0 unspecified atom stereocenters. The largest absolute Gasteiger partial charge is 0.454 e. The molecule has 0 bridgehead atoms. The van der Waals surface area contributed by atoms with Crippen molar-refractivity contribution in [1.29, 1.82) is 0 Å². The molecule has 0 radical (unpaired) electrons. The molecule has 96 valence electrons. The van der Waals surface area contributed by atoms with Crippen LogP contribution in [-0.4, -0.2) is 24.3 Å². The molecule has 0 fully saturated rings. The Labute approximate surface area is 101 Å². The van der Waals surface area contributed by atoms with Crippen molar-refractivity contribution in [3.63, 3.8) is 0 Å². The maximum atomic E-state index is 11.8. The Balaban J connectivity index is 2.41. The first-order valence-electron chi connectivity index (χ1n) is 5.00. The molecule has 0 heterocycles. The van der Waals surface area contributed by atoms with Gasteiger partial charge in [-0.25, -0.2) is 0 Å². The van der Waals surface area contributed by atoms with Gasteiger partial charge in [-0.2, -0.15) is 13.2 Å². The minimum atomic E-state index is -4.89. The number of hydrogen-bond acceptors (Lipinski definition) is 3. The first-order valence-corrected chi connectivity index (χ1v) is 5.00. The van der Waals surface area contributed by atoms with Gasteiger partial charge in [0.1, 0.15) is 0 Å². The lowest BCUT2D eigenvalue weighted by Gasteiger charge is -2.01. The van der Waals surface area contributed by atoms with Crippen molar-refractivity contribution < 1.29 is 22.8 Å². The third-order valence-electron chi connectivity index (χ3n) is 1.99. The van der Waals surface area contributed by atoms with E-state index >= 15 is 0 Å². The molecular formula is C12H10F3NO2. The summed E-state index contributed by atoms with van der Waals surface area (Å²) in [5.74, 6) is -2.25. The quantitative estimate of drug-likeness (QED) is 0.649. The van der Waals surface area contributed by atoms with Gasteiger partial charge in [0.2, 0.25) is 0 Å². The van der Waals surface area contributed by atoms with Gasteiger partial charge in [0.15, 0.2) is 5.78 Å². The van der Waals surface area contributed by atoms with Crippen LogP contribution in [0, 0.1) is 0 Å². The number of Topliss-reactive ketones (excluding diaryl/α,β-unsaturated/α-hetero) is 1. The zero-order valence-electron chi connectivity index (χ0n) is 9.20. The predicted molar refractivity (Wildman–Crippen MR) is 59.0 cm³/mol. The fourth-order valence-electron chi connectivity index (χ4n) is 1.11. The number of halogens is 3. The number of nitrogens with one attached hydrogen (secondary N) is 1. The second-order valence-corrected chi connectivity index (χ2v) is 3.37. The maximum Gasteiger partial charge on any atom is 0.454 e.